The van der Waals surface area contributed by atoms with Gasteiger partial charge in [0.25, 0.3) is 0 Å². The molecular formula is C13H23NO4. The molecule has 2 rings (SSSR count). The fourth-order valence-electron chi connectivity index (χ4n) is 3.21. The molecule has 0 bridgehead atoms. The molecule has 2 aliphatic rings. The van der Waals surface area contributed by atoms with Crippen molar-refractivity contribution < 1.29 is 19.4 Å². The summed E-state index contributed by atoms with van der Waals surface area (Å²) in [6.45, 7) is 2.10. The van der Waals surface area contributed by atoms with Gasteiger partial charge in [-0.05, 0) is 38.6 Å². The van der Waals surface area contributed by atoms with Gasteiger partial charge in [0.05, 0.1) is 12.7 Å². The topological polar surface area (TPSA) is 67.8 Å². The van der Waals surface area contributed by atoms with Gasteiger partial charge in [0.15, 0.2) is 0 Å². The van der Waals surface area contributed by atoms with Gasteiger partial charge >= 0.3 is 5.97 Å². The van der Waals surface area contributed by atoms with Crippen LogP contribution >= 0.6 is 0 Å². The number of hydrogen-bond acceptors (Lipinski definition) is 4. The molecule has 0 spiro atoms. The molecular weight excluding hydrogens is 234 g/mol. The third-order valence-electron chi connectivity index (χ3n) is 4.36. The molecule has 1 heterocycles. The average Bonchev–Trinajstić information content (AvgIpc) is 2.98. The summed E-state index contributed by atoms with van der Waals surface area (Å²) in [7, 11) is 1.75. The van der Waals surface area contributed by atoms with Crippen LogP contribution in [0.2, 0.25) is 0 Å². The molecule has 1 aliphatic carbocycles. The van der Waals surface area contributed by atoms with Crippen LogP contribution in [-0.2, 0) is 14.3 Å². The second kappa shape index (κ2) is 5.99. The van der Waals surface area contributed by atoms with Crippen LogP contribution in [0.3, 0.4) is 0 Å². The lowest BCUT2D eigenvalue weighted by atomic mass is 9.85. The van der Waals surface area contributed by atoms with Gasteiger partial charge in [-0.15, -0.1) is 0 Å². The van der Waals surface area contributed by atoms with Crippen LogP contribution in [0.5, 0.6) is 0 Å². The third kappa shape index (κ3) is 2.68. The van der Waals surface area contributed by atoms with Crippen molar-refractivity contribution in [2.24, 2.45) is 5.92 Å². The number of nitrogens with one attached hydrogen (secondary N) is 1. The molecule has 5 heteroatoms. The Labute approximate surface area is 108 Å². The maximum atomic E-state index is 11.5. The molecule has 0 aromatic heterocycles. The first-order valence-corrected chi connectivity index (χ1v) is 6.80. The first kappa shape index (κ1) is 13.8. The zero-order valence-corrected chi connectivity index (χ0v) is 11.0. The van der Waals surface area contributed by atoms with Crippen molar-refractivity contribution >= 4 is 5.97 Å². The Kier molecular flexibility index (Phi) is 4.59. The minimum Gasteiger partial charge on any atom is -0.480 e. The lowest BCUT2D eigenvalue weighted by Crippen LogP contribution is -2.53. The molecule has 0 aromatic rings. The normalized spacial score (nSPS) is 36.1. The van der Waals surface area contributed by atoms with Crippen LogP contribution in [0.25, 0.3) is 0 Å². The Bertz CT molecular complexity index is 291. The Morgan fingerprint density at radius 2 is 2.39 bits per heavy atom. The van der Waals surface area contributed by atoms with Crippen molar-refractivity contribution in [1.82, 2.24) is 5.32 Å². The van der Waals surface area contributed by atoms with E-state index in [1.165, 1.54) is 0 Å². The number of ether oxygens (including phenoxy) is 2. The second-order valence-corrected chi connectivity index (χ2v) is 5.26. The zero-order chi connectivity index (χ0) is 13.0. The van der Waals surface area contributed by atoms with Crippen LogP contribution in [0.1, 0.15) is 32.1 Å². The predicted octanol–water partition coefficient (Wildman–Crippen LogP) is 1.02. The fourth-order valence-corrected chi connectivity index (χ4v) is 3.21. The van der Waals surface area contributed by atoms with Gasteiger partial charge in [-0.1, -0.05) is 6.42 Å². The SMILES string of the molecule is CNC1(C(=O)O)CCCC1CCOC1CCOC1. The van der Waals surface area contributed by atoms with Crippen LogP contribution in [-0.4, -0.2) is 49.6 Å². The van der Waals surface area contributed by atoms with Crippen molar-refractivity contribution in [3.63, 3.8) is 0 Å². The molecule has 2 N–H and O–H groups in total. The van der Waals surface area contributed by atoms with E-state index in [1.54, 1.807) is 7.05 Å². The van der Waals surface area contributed by atoms with Crippen molar-refractivity contribution in [1.29, 1.82) is 0 Å². The Morgan fingerprint density at radius 3 is 3.00 bits per heavy atom. The number of carbonyl (C=O) groups is 1. The van der Waals surface area contributed by atoms with E-state index >= 15 is 0 Å². The van der Waals surface area contributed by atoms with E-state index in [0.29, 0.717) is 13.2 Å². The van der Waals surface area contributed by atoms with Crippen LogP contribution < -0.4 is 5.32 Å². The maximum absolute atomic E-state index is 11.5. The van der Waals surface area contributed by atoms with E-state index in [9.17, 15) is 9.90 Å². The zero-order valence-electron chi connectivity index (χ0n) is 11.0. The number of rotatable bonds is 6. The summed E-state index contributed by atoms with van der Waals surface area (Å²) >= 11 is 0. The van der Waals surface area contributed by atoms with E-state index in [-0.39, 0.29) is 12.0 Å². The molecule has 1 saturated carbocycles. The summed E-state index contributed by atoms with van der Waals surface area (Å²) in [4.78, 5) is 11.5. The summed E-state index contributed by atoms with van der Waals surface area (Å²) in [6.07, 6.45) is 4.64. The smallest absolute Gasteiger partial charge is 0.324 e. The van der Waals surface area contributed by atoms with E-state index in [2.05, 4.69) is 5.32 Å². The van der Waals surface area contributed by atoms with Crippen molar-refractivity contribution in [3.05, 3.63) is 0 Å². The average molecular weight is 257 g/mol. The van der Waals surface area contributed by atoms with Crippen molar-refractivity contribution in [2.45, 2.75) is 43.7 Å². The minimum absolute atomic E-state index is 0.169. The molecule has 1 saturated heterocycles. The highest BCUT2D eigenvalue weighted by Crippen LogP contribution is 2.38. The lowest BCUT2D eigenvalue weighted by Gasteiger charge is -2.31. The van der Waals surface area contributed by atoms with Gasteiger partial charge < -0.3 is 19.9 Å². The van der Waals surface area contributed by atoms with Gasteiger partial charge in [0, 0.05) is 13.2 Å². The standard InChI is InChI=1S/C13H23NO4/c1-14-13(12(15)16)6-2-3-10(13)4-8-18-11-5-7-17-9-11/h10-11,14H,2-9H2,1H3,(H,15,16). The van der Waals surface area contributed by atoms with Crippen LogP contribution in [0, 0.1) is 5.92 Å². The molecule has 2 fully saturated rings. The summed E-state index contributed by atoms with van der Waals surface area (Å²) in [6, 6.07) is 0. The van der Waals surface area contributed by atoms with Crippen LogP contribution in [0.15, 0.2) is 0 Å². The number of carboxylic acid groups (broad SMARTS) is 1. The van der Waals surface area contributed by atoms with Gasteiger partial charge in [-0.2, -0.15) is 0 Å². The maximum Gasteiger partial charge on any atom is 0.324 e. The number of likely N-dealkylation sites (N-methyl/N-ethyl adjacent to an activating group) is 1. The number of carboxylic acids is 1. The Hall–Kier alpha value is -0.650. The summed E-state index contributed by atoms with van der Waals surface area (Å²) in [5, 5.41) is 12.4. The van der Waals surface area contributed by atoms with Gasteiger partial charge in [-0.25, -0.2) is 0 Å². The van der Waals surface area contributed by atoms with E-state index < -0.39 is 11.5 Å². The molecule has 18 heavy (non-hydrogen) atoms. The van der Waals surface area contributed by atoms with E-state index in [4.69, 9.17) is 9.47 Å². The summed E-state index contributed by atoms with van der Waals surface area (Å²) in [5.41, 5.74) is -0.741. The fraction of sp³-hybridized carbons (Fsp3) is 0.923. The molecule has 0 aromatic carbocycles. The first-order valence-electron chi connectivity index (χ1n) is 6.80. The number of hydrogen-bond donors (Lipinski definition) is 2. The second-order valence-electron chi connectivity index (χ2n) is 5.26. The quantitative estimate of drug-likeness (QED) is 0.743. The third-order valence-corrected chi connectivity index (χ3v) is 4.36. The van der Waals surface area contributed by atoms with Gasteiger partial charge in [0.2, 0.25) is 0 Å². The first-order chi connectivity index (χ1) is 8.69. The molecule has 5 nitrogen and oxygen atoms in total. The predicted molar refractivity (Wildman–Crippen MR) is 66.6 cm³/mol. The van der Waals surface area contributed by atoms with Crippen molar-refractivity contribution in [2.75, 3.05) is 26.9 Å². The lowest BCUT2D eigenvalue weighted by molar-refractivity contribution is -0.146. The number of aliphatic carboxylic acids is 1. The Morgan fingerprint density at radius 1 is 1.56 bits per heavy atom. The molecule has 0 radical (unpaired) electrons. The minimum atomic E-state index is -0.741. The molecule has 104 valence electrons. The largest absolute Gasteiger partial charge is 0.480 e. The summed E-state index contributed by atoms with van der Waals surface area (Å²) < 4.78 is 11.0. The summed E-state index contributed by atoms with van der Waals surface area (Å²) in [5.74, 6) is -0.556. The van der Waals surface area contributed by atoms with Gasteiger partial charge in [0.1, 0.15) is 5.54 Å². The molecule has 1 aliphatic heterocycles. The highest BCUT2D eigenvalue weighted by atomic mass is 16.5. The monoisotopic (exact) mass is 257 g/mol. The molecule has 3 unspecified atom stereocenters. The highest BCUT2D eigenvalue weighted by molar-refractivity contribution is 5.79. The Balaban J connectivity index is 1.81. The van der Waals surface area contributed by atoms with E-state index in [0.717, 1.165) is 38.7 Å². The van der Waals surface area contributed by atoms with E-state index in [1.807, 2.05) is 0 Å². The molecule has 0 amide bonds. The van der Waals surface area contributed by atoms with Gasteiger partial charge in [-0.3, -0.25) is 4.79 Å². The highest BCUT2D eigenvalue weighted by Gasteiger charge is 2.47. The molecule has 3 atom stereocenters. The van der Waals surface area contributed by atoms with Crippen molar-refractivity contribution in [3.8, 4) is 0 Å². The van der Waals surface area contributed by atoms with Crippen LogP contribution in [0.4, 0.5) is 0 Å².